The molecule has 0 aromatic carbocycles. The van der Waals surface area contributed by atoms with Crippen molar-refractivity contribution in [1.82, 2.24) is 9.88 Å². The van der Waals surface area contributed by atoms with E-state index in [4.69, 9.17) is 0 Å². The van der Waals surface area contributed by atoms with Crippen LogP contribution in [0.5, 0.6) is 0 Å². The lowest BCUT2D eigenvalue weighted by atomic mass is 9.85. The topological polar surface area (TPSA) is 56.7 Å². The van der Waals surface area contributed by atoms with Crippen LogP contribution < -0.4 is 4.90 Å². The molecule has 0 bridgehead atoms. The number of carboxylic acid groups (broad SMARTS) is 1. The van der Waals surface area contributed by atoms with Crippen molar-refractivity contribution >= 4 is 22.4 Å². The van der Waals surface area contributed by atoms with Crippen LogP contribution in [0.15, 0.2) is 11.6 Å². The van der Waals surface area contributed by atoms with E-state index >= 15 is 0 Å². The van der Waals surface area contributed by atoms with Crippen molar-refractivity contribution in [1.29, 1.82) is 0 Å². The van der Waals surface area contributed by atoms with Gasteiger partial charge in [0.2, 0.25) is 0 Å². The van der Waals surface area contributed by atoms with Crippen LogP contribution in [0.4, 0.5) is 5.13 Å². The number of hydrogen-bond donors (Lipinski definition) is 1. The van der Waals surface area contributed by atoms with Gasteiger partial charge in [-0.15, -0.1) is 11.3 Å². The summed E-state index contributed by atoms with van der Waals surface area (Å²) in [6.07, 6.45) is 5.64. The molecule has 5 nitrogen and oxygen atoms in total. The van der Waals surface area contributed by atoms with Crippen LogP contribution in [0.3, 0.4) is 0 Å². The van der Waals surface area contributed by atoms with Gasteiger partial charge in [0, 0.05) is 44.3 Å². The number of rotatable bonds is 4. The maximum atomic E-state index is 11.6. The monoisotopic (exact) mass is 295 g/mol. The van der Waals surface area contributed by atoms with Crippen LogP contribution in [0.1, 0.15) is 25.7 Å². The Hall–Kier alpha value is -1.14. The summed E-state index contributed by atoms with van der Waals surface area (Å²) < 4.78 is 0. The predicted octanol–water partition coefficient (Wildman–Crippen LogP) is 1.91. The van der Waals surface area contributed by atoms with Gasteiger partial charge in [-0.1, -0.05) is 12.8 Å². The minimum Gasteiger partial charge on any atom is -0.481 e. The first-order valence-electron chi connectivity index (χ1n) is 7.30. The van der Waals surface area contributed by atoms with Gasteiger partial charge in [-0.2, -0.15) is 0 Å². The normalized spacial score (nSPS) is 23.1. The molecule has 1 saturated carbocycles. The molecule has 0 amide bonds. The second-order valence-electron chi connectivity index (χ2n) is 5.87. The Morgan fingerprint density at radius 2 is 2.00 bits per heavy atom. The summed E-state index contributed by atoms with van der Waals surface area (Å²) in [6, 6.07) is 0. The van der Waals surface area contributed by atoms with Crippen LogP contribution in [-0.2, 0) is 4.79 Å². The fraction of sp³-hybridized carbons (Fsp3) is 0.714. The number of aliphatic carboxylic acids is 1. The Balaban J connectivity index is 1.57. The molecule has 1 N–H and O–H groups in total. The van der Waals surface area contributed by atoms with Crippen LogP contribution in [0.25, 0.3) is 0 Å². The molecule has 1 aromatic rings. The first kappa shape index (κ1) is 13.8. The highest BCUT2D eigenvalue weighted by Crippen LogP contribution is 2.39. The molecular weight excluding hydrogens is 274 g/mol. The maximum absolute atomic E-state index is 11.6. The van der Waals surface area contributed by atoms with E-state index in [1.807, 2.05) is 11.6 Å². The summed E-state index contributed by atoms with van der Waals surface area (Å²) in [5, 5.41) is 12.6. The third-order valence-corrected chi connectivity index (χ3v) is 5.43. The van der Waals surface area contributed by atoms with Crippen LogP contribution in [0.2, 0.25) is 0 Å². The molecular formula is C14H21N3O2S. The minimum atomic E-state index is -0.600. The predicted molar refractivity (Wildman–Crippen MR) is 79.3 cm³/mol. The van der Waals surface area contributed by atoms with Gasteiger partial charge in [-0.25, -0.2) is 4.98 Å². The lowest BCUT2D eigenvalue weighted by molar-refractivity contribution is -0.150. The van der Waals surface area contributed by atoms with Gasteiger partial charge in [-0.05, 0) is 12.8 Å². The second kappa shape index (κ2) is 5.69. The third-order valence-electron chi connectivity index (χ3n) is 4.60. The molecule has 1 aliphatic carbocycles. The average Bonchev–Trinajstić information content (AvgIpc) is 3.11. The molecule has 0 spiro atoms. The van der Waals surface area contributed by atoms with Crippen LogP contribution in [-0.4, -0.2) is 53.7 Å². The zero-order chi connectivity index (χ0) is 14.0. The van der Waals surface area contributed by atoms with Crippen molar-refractivity contribution in [3.63, 3.8) is 0 Å². The molecule has 2 fully saturated rings. The summed E-state index contributed by atoms with van der Waals surface area (Å²) in [5.41, 5.74) is -0.483. The summed E-state index contributed by atoms with van der Waals surface area (Å²) in [7, 11) is 0. The van der Waals surface area contributed by atoms with E-state index in [0.717, 1.165) is 57.0 Å². The van der Waals surface area contributed by atoms with E-state index in [0.29, 0.717) is 6.54 Å². The Morgan fingerprint density at radius 1 is 1.30 bits per heavy atom. The largest absolute Gasteiger partial charge is 0.481 e. The second-order valence-corrected chi connectivity index (χ2v) is 6.74. The van der Waals surface area contributed by atoms with Gasteiger partial charge in [0.1, 0.15) is 0 Å². The SMILES string of the molecule is O=C(O)C1(CN2CCN(c3nccs3)CC2)CCCC1. The van der Waals surface area contributed by atoms with Gasteiger partial charge in [-0.3, -0.25) is 9.69 Å². The highest BCUT2D eigenvalue weighted by Gasteiger charge is 2.42. The Labute approximate surface area is 123 Å². The summed E-state index contributed by atoms with van der Waals surface area (Å²) in [4.78, 5) is 20.6. The van der Waals surface area contributed by atoms with Crippen molar-refractivity contribution < 1.29 is 9.90 Å². The molecule has 1 aliphatic heterocycles. The van der Waals surface area contributed by atoms with Gasteiger partial charge in [0.05, 0.1) is 5.41 Å². The van der Waals surface area contributed by atoms with Crippen molar-refractivity contribution in [3.05, 3.63) is 11.6 Å². The number of anilines is 1. The standard InChI is InChI=1S/C14H21N3O2S/c18-12(19)14(3-1-2-4-14)11-16-6-8-17(9-7-16)13-15-5-10-20-13/h5,10H,1-4,6-9,11H2,(H,18,19). The van der Waals surface area contributed by atoms with Crippen LogP contribution in [0, 0.1) is 5.41 Å². The molecule has 1 saturated heterocycles. The van der Waals surface area contributed by atoms with E-state index in [2.05, 4.69) is 14.8 Å². The number of piperazine rings is 1. The van der Waals surface area contributed by atoms with E-state index in [9.17, 15) is 9.90 Å². The number of hydrogen-bond acceptors (Lipinski definition) is 5. The van der Waals surface area contributed by atoms with Crippen molar-refractivity contribution in [2.45, 2.75) is 25.7 Å². The lowest BCUT2D eigenvalue weighted by Gasteiger charge is -2.38. The summed E-state index contributed by atoms with van der Waals surface area (Å²) in [5.74, 6) is -0.600. The lowest BCUT2D eigenvalue weighted by Crippen LogP contribution is -2.51. The fourth-order valence-corrected chi connectivity index (χ4v) is 4.09. The summed E-state index contributed by atoms with van der Waals surface area (Å²) in [6.45, 7) is 4.49. The van der Waals surface area contributed by atoms with Crippen molar-refractivity contribution in [2.24, 2.45) is 5.41 Å². The first-order valence-corrected chi connectivity index (χ1v) is 8.18. The molecule has 1 aromatic heterocycles. The van der Waals surface area contributed by atoms with Gasteiger partial charge in [0.15, 0.2) is 5.13 Å². The molecule has 0 radical (unpaired) electrons. The highest BCUT2D eigenvalue weighted by atomic mass is 32.1. The quantitative estimate of drug-likeness (QED) is 0.919. The zero-order valence-corrected chi connectivity index (χ0v) is 12.4. The van der Waals surface area contributed by atoms with E-state index in [-0.39, 0.29) is 0 Å². The first-order chi connectivity index (χ1) is 9.70. The molecule has 110 valence electrons. The molecule has 2 aliphatic rings. The number of carboxylic acids is 1. The molecule has 2 heterocycles. The Bertz CT molecular complexity index is 449. The molecule has 6 heteroatoms. The van der Waals surface area contributed by atoms with Gasteiger partial charge < -0.3 is 10.0 Å². The van der Waals surface area contributed by atoms with E-state index < -0.39 is 11.4 Å². The molecule has 3 rings (SSSR count). The number of thiazole rings is 1. The number of aromatic nitrogens is 1. The number of carbonyl (C=O) groups is 1. The third kappa shape index (κ3) is 2.67. The zero-order valence-electron chi connectivity index (χ0n) is 11.6. The van der Waals surface area contributed by atoms with Crippen molar-refractivity contribution in [2.75, 3.05) is 37.6 Å². The molecule has 20 heavy (non-hydrogen) atoms. The van der Waals surface area contributed by atoms with Crippen molar-refractivity contribution in [3.8, 4) is 0 Å². The Kier molecular flexibility index (Phi) is 3.94. The minimum absolute atomic E-state index is 0.483. The fourth-order valence-electron chi connectivity index (χ4n) is 3.39. The van der Waals surface area contributed by atoms with Gasteiger partial charge >= 0.3 is 5.97 Å². The molecule has 0 unspecified atom stereocenters. The number of nitrogens with zero attached hydrogens (tertiary/aromatic N) is 3. The maximum Gasteiger partial charge on any atom is 0.310 e. The molecule has 0 atom stereocenters. The van der Waals surface area contributed by atoms with Crippen LogP contribution >= 0.6 is 11.3 Å². The highest BCUT2D eigenvalue weighted by molar-refractivity contribution is 7.13. The van der Waals surface area contributed by atoms with E-state index in [1.165, 1.54) is 0 Å². The van der Waals surface area contributed by atoms with E-state index in [1.54, 1.807) is 11.3 Å². The summed E-state index contributed by atoms with van der Waals surface area (Å²) >= 11 is 1.67. The smallest absolute Gasteiger partial charge is 0.310 e. The van der Waals surface area contributed by atoms with Gasteiger partial charge in [0.25, 0.3) is 0 Å². The Morgan fingerprint density at radius 3 is 2.55 bits per heavy atom. The average molecular weight is 295 g/mol.